The highest BCUT2D eigenvalue weighted by atomic mass is 79.9. The minimum Gasteiger partial charge on any atom is -0.322 e. The van der Waals surface area contributed by atoms with E-state index in [-0.39, 0.29) is 5.91 Å². The maximum absolute atomic E-state index is 13.2. The summed E-state index contributed by atoms with van der Waals surface area (Å²) in [6.07, 6.45) is -3.55. The van der Waals surface area contributed by atoms with Crippen molar-refractivity contribution in [1.29, 1.82) is 0 Å². The van der Waals surface area contributed by atoms with Crippen LogP contribution in [0.15, 0.2) is 89.5 Å². The molecule has 1 aliphatic heterocycles. The van der Waals surface area contributed by atoms with Gasteiger partial charge in [0, 0.05) is 30.9 Å². The average Bonchev–Trinajstić information content (AvgIpc) is 2.88. The number of carbonyl (C=O) groups excluding carboxylic acids is 1. The van der Waals surface area contributed by atoms with E-state index in [1.54, 1.807) is 24.3 Å². The van der Waals surface area contributed by atoms with Gasteiger partial charge in [-0.2, -0.15) is 13.2 Å². The number of anilines is 1. The zero-order chi connectivity index (χ0) is 26.0. The first kappa shape index (κ1) is 25.2. The molecule has 4 aromatic rings. The summed E-state index contributed by atoms with van der Waals surface area (Å²) in [4.78, 5) is 20.0. The fourth-order valence-electron chi connectivity index (χ4n) is 4.56. The van der Waals surface area contributed by atoms with Gasteiger partial charge >= 0.3 is 6.18 Å². The molecule has 0 atom stereocenters. The number of aromatic nitrogens is 1. The van der Waals surface area contributed by atoms with E-state index in [0.29, 0.717) is 22.4 Å². The second-order valence-electron chi connectivity index (χ2n) is 8.97. The Hall–Kier alpha value is -3.49. The maximum atomic E-state index is 13.2. The van der Waals surface area contributed by atoms with E-state index in [1.165, 1.54) is 23.3 Å². The second-order valence-corrected chi connectivity index (χ2v) is 9.78. The summed E-state index contributed by atoms with van der Waals surface area (Å²) in [7, 11) is 0. The molecule has 2 heterocycles. The molecule has 188 valence electrons. The van der Waals surface area contributed by atoms with Gasteiger partial charge in [-0.25, -0.2) is 4.98 Å². The molecular formula is C29H23BrF3N3O. The largest absolute Gasteiger partial charge is 0.416 e. The molecular weight excluding hydrogens is 543 g/mol. The van der Waals surface area contributed by atoms with E-state index in [9.17, 15) is 18.0 Å². The van der Waals surface area contributed by atoms with Crippen molar-refractivity contribution in [3.63, 3.8) is 0 Å². The molecule has 0 saturated carbocycles. The van der Waals surface area contributed by atoms with E-state index in [0.717, 1.165) is 48.5 Å². The van der Waals surface area contributed by atoms with E-state index < -0.39 is 11.7 Å². The Morgan fingerprint density at radius 2 is 1.73 bits per heavy atom. The molecule has 0 bridgehead atoms. The molecule has 4 nitrogen and oxygen atoms in total. The number of rotatable bonds is 5. The van der Waals surface area contributed by atoms with Crippen molar-refractivity contribution in [2.45, 2.75) is 25.7 Å². The molecule has 1 N–H and O–H groups in total. The Kier molecular flexibility index (Phi) is 7.13. The summed E-state index contributed by atoms with van der Waals surface area (Å²) in [5.41, 5.74) is 4.89. The summed E-state index contributed by atoms with van der Waals surface area (Å²) in [5.74, 6) is -0.311. The van der Waals surface area contributed by atoms with Crippen LogP contribution in [0.4, 0.5) is 18.9 Å². The van der Waals surface area contributed by atoms with Gasteiger partial charge in [-0.3, -0.25) is 9.69 Å². The van der Waals surface area contributed by atoms with Gasteiger partial charge in [-0.05, 0) is 87.1 Å². The summed E-state index contributed by atoms with van der Waals surface area (Å²) in [6, 6.07) is 23.6. The zero-order valence-electron chi connectivity index (χ0n) is 19.7. The summed E-state index contributed by atoms with van der Waals surface area (Å²) in [6.45, 7) is 2.45. The topological polar surface area (TPSA) is 45.2 Å². The number of amides is 1. The lowest BCUT2D eigenvalue weighted by atomic mass is 9.97. The number of pyridine rings is 1. The van der Waals surface area contributed by atoms with Crippen molar-refractivity contribution in [2.24, 2.45) is 0 Å². The lowest BCUT2D eigenvalue weighted by Crippen LogP contribution is -2.30. The van der Waals surface area contributed by atoms with E-state index in [1.807, 2.05) is 36.4 Å². The van der Waals surface area contributed by atoms with Crippen LogP contribution in [-0.2, 0) is 25.7 Å². The van der Waals surface area contributed by atoms with Gasteiger partial charge in [-0.1, -0.05) is 42.5 Å². The van der Waals surface area contributed by atoms with Crippen molar-refractivity contribution in [1.82, 2.24) is 9.88 Å². The highest BCUT2D eigenvalue weighted by Crippen LogP contribution is 2.32. The molecule has 0 unspecified atom stereocenters. The Labute approximate surface area is 221 Å². The molecule has 8 heteroatoms. The Morgan fingerprint density at radius 1 is 0.946 bits per heavy atom. The number of fused-ring (bicyclic) bond motifs is 1. The zero-order valence-corrected chi connectivity index (χ0v) is 21.3. The van der Waals surface area contributed by atoms with Gasteiger partial charge in [0.1, 0.15) is 4.60 Å². The molecule has 37 heavy (non-hydrogen) atoms. The first-order valence-electron chi connectivity index (χ1n) is 11.8. The second kappa shape index (κ2) is 10.5. The van der Waals surface area contributed by atoms with E-state index in [4.69, 9.17) is 0 Å². The summed E-state index contributed by atoms with van der Waals surface area (Å²) >= 11 is 3.42. The van der Waals surface area contributed by atoms with Gasteiger partial charge in [0.2, 0.25) is 0 Å². The molecule has 0 fully saturated rings. The molecule has 0 spiro atoms. The van der Waals surface area contributed by atoms with Gasteiger partial charge in [0.05, 0.1) is 11.3 Å². The van der Waals surface area contributed by atoms with Crippen LogP contribution >= 0.6 is 15.9 Å². The third-order valence-corrected chi connectivity index (χ3v) is 6.85. The first-order chi connectivity index (χ1) is 17.8. The molecule has 0 saturated heterocycles. The Bertz CT molecular complexity index is 1440. The number of halogens is 4. The number of benzene rings is 3. The van der Waals surface area contributed by atoms with Crippen LogP contribution in [0, 0.1) is 0 Å². The van der Waals surface area contributed by atoms with Crippen LogP contribution in [0.2, 0.25) is 0 Å². The van der Waals surface area contributed by atoms with E-state index in [2.05, 4.69) is 31.1 Å². The summed E-state index contributed by atoms with van der Waals surface area (Å²) < 4.78 is 39.7. The van der Waals surface area contributed by atoms with Crippen molar-refractivity contribution in [3.05, 3.63) is 117 Å². The van der Waals surface area contributed by atoms with Crippen molar-refractivity contribution in [2.75, 3.05) is 11.9 Å². The lowest BCUT2D eigenvalue weighted by molar-refractivity contribution is -0.137. The SMILES string of the molecule is O=C(Nc1ccc2c(c1)CCN(Cc1cccc(Br)n1)C2)c1ccccc1-c1ccc(C(F)(F)F)cc1. The Balaban J connectivity index is 1.30. The number of hydrogen-bond donors (Lipinski definition) is 1. The van der Waals surface area contributed by atoms with Gasteiger partial charge in [0.25, 0.3) is 5.91 Å². The average molecular weight is 566 g/mol. The quantitative estimate of drug-likeness (QED) is 0.257. The van der Waals surface area contributed by atoms with Gasteiger partial charge in [0.15, 0.2) is 0 Å². The van der Waals surface area contributed by atoms with Crippen LogP contribution in [-0.4, -0.2) is 22.3 Å². The van der Waals surface area contributed by atoms with Crippen LogP contribution < -0.4 is 5.32 Å². The number of carbonyl (C=O) groups is 1. The highest BCUT2D eigenvalue weighted by Gasteiger charge is 2.30. The monoisotopic (exact) mass is 565 g/mol. The Morgan fingerprint density at radius 3 is 2.49 bits per heavy atom. The van der Waals surface area contributed by atoms with Crippen molar-refractivity contribution in [3.8, 4) is 11.1 Å². The number of hydrogen-bond acceptors (Lipinski definition) is 3. The molecule has 3 aromatic carbocycles. The normalized spacial score (nSPS) is 13.7. The van der Waals surface area contributed by atoms with Crippen molar-refractivity contribution < 1.29 is 18.0 Å². The van der Waals surface area contributed by atoms with Crippen LogP contribution in [0.25, 0.3) is 11.1 Å². The predicted octanol–water partition coefficient (Wildman–Crippen LogP) is 7.34. The van der Waals surface area contributed by atoms with Crippen molar-refractivity contribution >= 4 is 27.5 Å². The third kappa shape index (κ3) is 5.92. The molecule has 1 aromatic heterocycles. The van der Waals surface area contributed by atoms with E-state index >= 15 is 0 Å². The summed E-state index contributed by atoms with van der Waals surface area (Å²) in [5, 5.41) is 2.96. The smallest absolute Gasteiger partial charge is 0.322 e. The van der Waals surface area contributed by atoms with Crippen LogP contribution in [0.1, 0.15) is 32.7 Å². The van der Waals surface area contributed by atoms with Crippen LogP contribution in [0.5, 0.6) is 0 Å². The fraction of sp³-hybridized carbons (Fsp3) is 0.172. The fourth-order valence-corrected chi connectivity index (χ4v) is 4.94. The minimum absolute atomic E-state index is 0.311. The third-order valence-electron chi connectivity index (χ3n) is 6.41. The molecule has 0 aliphatic carbocycles. The van der Waals surface area contributed by atoms with Gasteiger partial charge < -0.3 is 5.32 Å². The molecule has 5 rings (SSSR count). The molecule has 0 radical (unpaired) electrons. The minimum atomic E-state index is -4.41. The maximum Gasteiger partial charge on any atom is 0.416 e. The lowest BCUT2D eigenvalue weighted by Gasteiger charge is -2.29. The van der Waals surface area contributed by atoms with Crippen LogP contribution in [0.3, 0.4) is 0 Å². The number of nitrogens with zero attached hydrogens (tertiary/aromatic N) is 2. The number of alkyl halides is 3. The predicted molar refractivity (Wildman–Crippen MR) is 141 cm³/mol. The molecule has 1 amide bonds. The standard InChI is InChI=1S/C29H23BrF3N3O/c30-27-7-3-4-24(34-27)18-36-15-14-20-16-23(13-10-21(20)17-36)35-28(37)26-6-2-1-5-25(26)19-8-11-22(12-9-19)29(31,32)33/h1-13,16H,14-15,17-18H2,(H,35,37). The van der Waals surface area contributed by atoms with Gasteiger partial charge in [-0.15, -0.1) is 0 Å². The molecule has 1 aliphatic rings. The highest BCUT2D eigenvalue weighted by molar-refractivity contribution is 9.10. The first-order valence-corrected chi connectivity index (χ1v) is 12.6. The number of nitrogens with one attached hydrogen (secondary N) is 1.